The van der Waals surface area contributed by atoms with Crippen molar-refractivity contribution in [2.24, 2.45) is 0 Å². The van der Waals surface area contributed by atoms with Crippen LogP contribution in [0.25, 0.3) is 0 Å². The van der Waals surface area contributed by atoms with Gasteiger partial charge >= 0.3 is 0 Å². The standard InChI is InChI=1S/C16H16BrNO2/c1-11-2-5-13(10-15(11)17)16(20)18-9-8-12-3-6-14(19)7-4-12/h2-7,10,19H,8-9H2,1H3,(H,18,20). The Labute approximate surface area is 126 Å². The molecule has 0 heterocycles. The monoisotopic (exact) mass is 333 g/mol. The van der Waals surface area contributed by atoms with E-state index in [2.05, 4.69) is 21.2 Å². The predicted octanol–water partition coefficient (Wildman–Crippen LogP) is 3.44. The first kappa shape index (κ1) is 14.6. The molecule has 0 aliphatic heterocycles. The zero-order chi connectivity index (χ0) is 14.5. The summed E-state index contributed by atoms with van der Waals surface area (Å²) < 4.78 is 0.934. The molecule has 0 radical (unpaired) electrons. The molecular weight excluding hydrogens is 318 g/mol. The molecule has 3 nitrogen and oxygen atoms in total. The number of nitrogens with one attached hydrogen (secondary N) is 1. The highest BCUT2D eigenvalue weighted by Crippen LogP contribution is 2.17. The van der Waals surface area contributed by atoms with Gasteiger partial charge in [0.1, 0.15) is 5.75 Å². The molecule has 0 bridgehead atoms. The molecule has 0 aromatic heterocycles. The average Bonchev–Trinajstić information content (AvgIpc) is 2.44. The number of rotatable bonds is 4. The summed E-state index contributed by atoms with van der Waals surface area (Å²) in [5.74, 6) is 0.173. The van der Waals surface area contributed by atoms with E-state index in [1.807, 2.05) is 37.3 Å². The topological polar surface area (TPSA) is 49.3 Å². The smallest absolute Gasteiger partial charge is 0.251 e. The van der Waals surface area contributed by atoms with Gasteiger partial charge in [0.05, 0.1) is 0 Å². The van der Waals surface area contributed by atoms with Crippen LogP contribution in [-0.2, 0) is 6.42 Å². The van der Waals surface area contributed by atoms with E-state index in [0.717, 1.165) is 22.0 Å². The number of halogens is 1. The second kappa shape index (κ2) is 6.57. The quantitative estimate of drug-likeness (QED) is 0.900. The number of amides is 1. The Balaban J connectivity index is 1.88. The van der Waals surface area contributed by atoms with Crippen molar-refractivity contribution in [2.45, 2.75) is 13.3 Å². The van der Waals surface area contributed by atoms with E-state index in [9.17, 15) is 9.90 Å². The largest absolute Gasteiger partial charge is 0.508 e. The molecule has 0 spiro atoms. The highest BCUT2D eigenvalue weighted by atomic mass is 79.9. The Hall–Kier alpha value is -1.81. The third kappa shape index (κ3) is 3.84. The van der Waals surface area contributed by atoms with E-state index in [1.54, 1.807) is 12.1 Å². The molecule has 4 heteroatoms. The first-order valence-electron chi connectivity index (χ1n) is 6.38. The van der Waals surface area contributed by atoms with Gasteiger partial charge in [0.2, 0.25) is 0 Å². The highest BCUT2D eigenvalue weighted by Gasteiger charge is 2.06. The van der Waals surface area contributed by atoms with Gasteiger partial charge in [0.15, 0.2) is 0 Å². The van der Waals surface area contributed by atoms with Gasteiger partial charge in [0, 0.05) is 16.6 Å². The number of hydrogen-bond donors (Lipinski definition) is 2. The Morgan fingerprint density at radius 2 is 1.90 bits per heavy atom. The van der Waals surface area contributed by atoms with Crippen LogP contribution < -0.4 is 5.32 Å². The maximum Gasteiger partial charge on any atom is 0.251 e. The summed E-state index contributed by atoms with van der Waals surface area (Å²) >= 11 is 3.42. The van der Waals surface area contributed by atoms with Crippen LogP contribution in [0.2, 0.25) is 0 Å². The van der Waals surface area contributed by atoms with Crippen LogP contribution in [0.4, 0.5) is 0 Å². The lowest BCUT2D eigenvalue weighted by molar-refractivity contribution is 0.0954. The van der Waals surface area contributed by atoms with Gasteiger partial charge in [-0.3, -0.25) is 4.79 Å². The summed E-state index contributed by atoms with van der Waals surface area (Å²) in [6.45, 7) is 2.55. The Morgan fingerprint density at radius 3 is 2.55 bits per heavy atom. The summed E-state index contributed by atoms with van der Waals surface area (Å²) in [4.78, 5) is 12.0. The van der Waals surface area contributed by atoms with Crippen molar-refractivity contribution in [3.8, 4) is 5.75 Å². The van der Waals surface area contributed by atoms with Crippen molar-refractivity contribution in [3.05, 3.63) is 63.6 Å². The first-order valence-corrected chi connectivity index (χ1v) is 7.18. The van der Waals surface area contributed by atoms with Crippen molar-refractivity contribution in [2.75, 3.05) is 6.54 Å². The van der Waals surface area contributed by atoms with Gasteiger partial charge in [-0.25, -0.2) is 0 Å². The minimum Gasteiger partial charge on any atom is -0.508 e. The molecule has 0 saturated carbocycles. The maximum atomic E-state index is 12.0. The molecule has 104 valence electrons. The van der Waals surface area contributed by atoms with Crippen molar-refractivity contribution in [3.63, 3.8) is 0 Å². The van der Waals surface area contributed by atoms with E-state index in [0.29, 0.717) is 12.1 Å². The lowest BCUT2D eigenvalue weighted by atomic mass is 10.1. The van der Waals surface area contributed by atoms with Crippen LogP contribution in [0.15, 0.2) is 46.9 Å². The van der Waals surface area contributed by atoms with Crippen molar-refractivity contribution < 1.29 is 9.90 Å². The van der Waals surface area contributed by atoms with Crippen LogP contribution in [0.1, 0.15) is 21.5 Å². The van der Waals surface area contributed by atoms with Crippen molar-refractivity contribution in [1.29, 1.82) is 0 Å². The third-order valence-electron chi connectivity index (χ3n) is 3.07. The molecule has 0 aliphatic rings. The number of phenolic OH excluding ortho intramolecular Hbond substituents is 1. The normalized spacial score (nSPS) is 10.3. The summed E-state index contributed by atoms with van der Waals surface area (Å²) in [6.07, 6.45) is 0.735. The molecule has 2 rings (SSSR count). The van der Waals surface area contributed by atoms with Crippen molar-refractivity contribution >= 4 is 21.8 Å². The number of carbonyl (C=O) groups is 1. The fraction of sp³-hybridized carbons (Fsp3) is 0.188. The molecule has 0 unspecified atom stereocenters. The Kier molecular flexibility index (Phi) is 4.79. The van der Waals surface area contributed by atoms with Gasteiger partial charge in [-0.05, 0) is 48.7 Å². The van der Waals surface area contributed by atoms with Crippen molar-refractivity contribution in [1.82, 2.24) is 5.32 Å². The van der Waals surface area contributed by atoms with Gasteiger partial charge in [-0.15, -0.1) is 0 Å². The lowest BCUT2D eigenvalue weighted by Gasteiger charge is -2.07. The first-order chi connectivity index (χ1) is 9.56. The SMILES string of the molecule is Cc1ccc(C(=O)NCCc2ccc(O)cc2)cc1Br. The van der Waals surface area contributed by atoms with Crippen LogP contribution in [0.3, 0.4) is 0 Å². The molecule has 0 fully saturated rings. The minimum absolute atomic E-state index is 0.0792. The average molecular weight is 334 g/mol. The van der Waals surface area contributed by atoms with Gasteiger partial charge in [-0.1, -0.05) is 34.1 Å². The van der Waals surface area contributed by atoms with Crippen LogP contribution in [-0.4, -0.2) is 17.6 Å². The molecular formula is C16H16BrNO2. The molecule has 0 atom stereocenters. The molecule has 2 aromatic rings. The van der Waals surface area contributed by atoms with E-state index < -0.39 is 0 Å². The Bertz CT molecular complexity index is 608. The number of benzene rings is 2. The third-order valence-corrected chi connectivity index (χ3v) is 3.92. The number of phenols is 1. The molecule has 2 aromatic carbocycles. The molecule has 0 aliphatic carbocycles. The fourth-order valence-corrected chi connectivity index (χ4v) is 2.20. The fourth-order valence-electron chi connectivity index (χ4n) is 1.82. The second-order valence-electron chi connectivity index (χ2n) is 4.64. The van der Waals surface area contributed by atoms with E-state index >= 15 is 0 Å². The second-order valence-corrected chi connectivity index (χ2v) is 5.49. The summed E-state index contributed by atoms with van der Waals surface area (Å²) in [7, 11) is 0. The highest BCUT2D eigenvalue weighted by molar-refractivity contribution is 9.10. The van der Waals surface area contributed by atoms with Gasteiger partial charge in [0.25, 0.3) is 5.91 Å². The number of carbonyl (C=O) groups excluding carboxylic acids is 1. The zero-order valence-corrected chi connectivity index (χ0v) is 12.8. The number of aryl methyl sites for hydroxylation is 1. The van der Waals surface area contributed by atoms with E-state index in [4.69, 9.17) is 0 Å². The molecule has 20 heavy (non-hydrogen) atoms. The number of hydrogen-bond acceptors (Lipinski definition) is 2. The summed E-state index contributed by atoms with van der Waals surface area (Å²) in [6, 6.07) is 12.6. The number of aromatic hydroxyl groups is 1. The molecule has 0 saturated heterocycles. The molecule has 2 N–H and O–H groups in total. The minimum atomic E-state index is -0.0792. The Morgan fingerprint density at radius 1 is 1.20 bits per heavy atom. The zero-order valence-electron chi connectivity index (χ0n) is 11.2. The lowest BCUT2D eigenvalue weighted by Crippen LogP contribution is -2.25. The van der Waals surface area contributed by atoms with Gasteiger partial charge < -0.3 is 10.4 Å². The van der Waals surface area contributed by atoms with Gasteiger partial charge in [-0.2, -0.15) is 0 Å². The summed E-state index contributed by atoms with van der Waals surface area (Å²) in [5, 5.41) is 12.1. The van der Waals surface area contributed by atoms with Crippen LogP contribution in [0, 0.1) is 6.92 Å². The molecule has 1 amide bonds. The van der Waals surface area contributed by atoms with Crippen LogP contribution in [0.5, 0.6) is 5.75 Å². The maximum absolute atomic E-state index is 12.0. The summed E-state index contributed by atoms with van der Waals surface area (Å²) in [5.41, 5.74) is 2.83. The van der Waals surface area contributed by atoms with Crippen LogP contribution >= 0.6 is 15.9 Å². The van der Waals surface area contributed by atoms with E-state index in [-0.39, 0.29) is 11.7 Å². The van der Waals surface area contributed by atoms with E-state index in [1.165, 1.54) is 0 Å². The predicted molar refractivity (Wildman–Crippen MR) is 83.0 cm³/mol.